The van der Waals surface area contributed by atoms with Crippen molar-refractivity contribution >= 4 is 21.7 Å². The summed E-state index contributed by atoms with van der Waals surface area (Å²) in [6.07, 6.45) is 3.67. The van der Waals surface area contributed by atoms with Gasteiger partial charge in [-0.25, -0.2) is 8.78 Å². The van der Waals surface area contributed by atoms with Crippen LogP contribution in [0.4, 0.5) is 14.6 Å². The van der Waals surface area contributed by atoms with E-state index in [1.165, 1.54) is 31.3 Å². The molecule has 0 saturated carbocycles. The van der Waals surface area contributed by atoms with Gasteiger partial charge in [0.25, 0.3) is 0 Å². The third-order valence-corrected chi connectivity index (χ3v) is 6.19. The Balaban J connectivity index is 1.72. The molecule has 0 amide bonds. The lowest BCUT2D eigenvalue weighted by molar-refractivity contribution is -0.390. The van der Waals surface area contributed by atoms with Crippen molar-refractivity contribution in [2.45, 2.75) is 46.0 Å². The second-order valence-electron chi connectivity index (χ2n) is 8.82. The van der Waals surface area contributed by atoms with E-state index in [1.807, 2.05) is 19.3 Å². The molecular weight excluding hydrogens is 550 g/mol. The van der Waals surface area contributed by atoms with Crippen molar-refractivity contribution < 1.29 is 18.4 Å². The summed E-state index contributed by atoms with van der Waals surface area (Å²) in [6, 6.07) is 5.73. The Hall–Kier alpha value is -3.67. The molecule has 2 atom stereocenters. The predicted octanol–water partition coefficient (Wildman–Crippen LogP) is 5.89. The van der Waals surface area contributed by atoms with Gasteiger partial charge in [0, 0.05) is 48.6 Å². The molecule has 0 aliphatic heterocycles. The number of alkyl halides is 1. The average Bonchev–Trinajstić information content (AvgIpc) is 3.34. The van der Waals surface area contributed by atoms with Crippen LogP contribution in [-0.4, -0.2) is 35.6 Å². The van der Waals surface area contributed by atoms with Gasteiger partial charge in [-0.3, -0.25) is 9.36 Å². The van der Waals surface area contributed by atoms with Gasteiger partial charge in [-0.05, 0) is 70.4 Å². The Labute approximate surface area is 220 Å². The largest absolute Gasteiger partial charge is 0.478 e. The molecule has 0 aliphatic rings. The van der Waals surface area contributed by atoms with Gasteiger partial charge in [-0.2, -0.15) is 10.2 Å². The first-order valence-electron chi connectivity index (χ1n) is 11.5. The molecule has 0 spiro atoms. The van der Waals surface area contributed by atoms with Crippen molar-refractivity contribution in [2.24, 2.45) is 7.05 Å². The number of benzene rings is 1. The van der Waals surface area contributed by atoms with Crippen molar-refractivity contribution in [3.05, 3.63) is 85.6 Å². The Kier molecular flexibility index (Phi) is 7.67. The van der Waals surface area contributed by atoms with Crippen LogP contribution in [0.25, 0.3) is 11.3 Å². The van der Waals surface area contributed by atoms with Crippen molar-refractivity contribution in [1.82, 2.24) is 24.5 Å². The predicted molar refractivity (Wildman–Crippen MR) is 137 cm³/mol. The highest BCUT2D eigenvalue weighted by molar-refractivity contribution is 9.10. The van der Waals surface area contributed by atoms with Gasteiger partial charge in [0.05, 0.1) is 22.4 Å². The molecule has 194 valence electrons. The van der Waals surface area contributed by atoms with E-state index in [0.717, 1.165) is 16.8 Å². The third-order valence-electron chi connectivity index (χ3n) is 5.76. The van der Waals surface area contributed by atoms with Gasteiger partial charge in [0.2, 0.25) is 5.75 Å². The molecule has 37 heavy (non-hydrogen) atoms. The van der Waals surface area contributed by atoms with Crippen LogP contribution in [0.3, 0.4) is 0 Å². The van der Waals surface area contributed by atoms with Crippen LogP contribution in [-0.2, 0) is 20.0 Å². The van der Waals surface area contributed by atoms with Crippen molar-refractivity contribution in [3.63, 3.8) is 0 Å². The number of hydrogen-bond acceptors (Lipinski definition) is 6. The van der Waals surface area contributed by atoms with Crippen LogP contribution in [0.5, 0.6) is 5.75 Å². The molecule has 0 aliphatic carbocycles. The monoisotopic (exact) mass is 574 g/mol. The van der Waals surface area contributed by atoms with Gasteiger partial charge in [-0.15, -0.1) is 0 Å². The first-order chi connectivity index (χ1) is 17.5. The van der Waals surface area contributed by atoms with Gasteiger partial charge >= 0.3 is 5.82 Å². The molecule has 12 heteroatoms. The minimum absolute atomic E-state index is 0.0477. The van der Waals surface area contributed by atoms with E-state index in [1.54, 1.807) is 29.4 Å². The fourth-order valence-electron chi connectivity index (χ4n) is 4.16. The summed E-state index contributed by atoms with van der Waals surface area (Å²) in [4.78, 5) is 14.6. The molecule has 1 unspecified atom stereocenters. The molecule has 0 saturated heterocycles. The highest BCUT2D eigenvalue weighted by atomic mass is 79.9. The number of pyridine rings is 1. The molecule has 9 nitrogen and oxygen atoms in total. The topological polar surface area (TPSA) is 101 Å². The molecular formula is C25H25BrF2N6O3. The summed E-state index contributed by atoms with van der Waals surface area (Å²) in [7, 11) is 1.79. The van der Waals surface area contributed by atoms with Crippen LogP contribution in [0.1, 0.15) is 42.3 Å². The Bertz CT molecular complexity index is 1450. The number of aryl methyl sites for hydroxylation is 2. The number of ether oxygens (including phenoxy) is 1. The zero-order valence-corrected chi connectivity index (χ0v) is 22.2. The summed E-state index contributed by atoms with van der Waals surface area (Å²) >= 11 is 3.25. The highest BCUT2D eigenvalue weighted by Gasteiger charge is 2.24. The maximum atomic E-state index is 14.4. The highest BCUT2D eigenvalue weighted by Crippen LogP contribution is 2.36. The van der Waals surface area contributed by atoms with E-state index in [-0.39, 0.29) is 12.3 Å². The fraction of sp³-hybridized carbons (Fsp3) is 0.320. The Morgan fingerprint density at radius 1 is 1.19 bits per heavy atom. The molecule has 0 bridgehead atoms. The summed E-state index contributed by atoms with van der Waals surface area (Å²) in [5, 5.41) is 20.5. The fourth-order valence-corrected chi connectivity index (χ4v) is 4.47. The molecule has 3 aromatic heterocycles. The van der Waals surface area contributed by atoms with Crippen LogP contribution in [0.15, 0.2) is 47.3 Å². The second-order valence-corrected chi connectivity index (χ2v) is 9.74. The van der Waals surface area contributed by atoms with E-state index in [0.29, 0.717) is 27.7 Å². The molecule has 4 rings (SSSR count). The van der Waals surface area contributed by atoms with Crippen LogP contribution < -0.4 is 4.74 Å². The van der Waals surface area contributed by atoms with Crippen molar-refractivity contribution in [2.75, 3.05) is 0 Å². The van der Waals surface area contributed by atoms with Crippen LogP contribution in [0.2, 0.25) is 0 Å². The molecule has 0 fully saturated rings. The van der Waals surface area contributed by atoms with E-state index in [4.69, 9.17) is 4.74 Å². The number of halogens is 3. The van der Waals surface area contributed by atoms with Crippen LogP contribution >= 0.6 is 15.9 Å². The zero-order chi connectivity index (χ0) is 26.9. The number of hydrogen-bond donors (Lipinski definition) is 0. The van der Waals surface area contributed by atoms with E-state index < -0.39 is 28.8 Å². The van der Waals surface area contributed by atoms with E-state index in [2.05, 4.69) is 31.1 Å². The zero-order valence-electron chi connectivity index (χ0n) is 20.7. The van der Waals surface area contributed by atoms with Crippen molar-refractivity contribution in [1.29, 1.82) is 0 Å². The summed E-state index contributed by atoms with van der Waals surface area (Å²) in [6.45, 7) is 5.18. The normalized spacial score (nSPS) is 12.9. The van der Waals surface area contributed by atoms with Gasteiger partial charge in [0.1, 0.15) is 18.1 Å². The lowest BCUT2D eigenvalue weighted by atomic mass is 9.96. The molecule has 0 N–H and O–H groups in total. The number of nitro groups is 1. The van der Waals surface area contributed by atoms with Gasteiger partial charge in [-0.1, -0.05) is 0 Å². The van der Waals surface area contributed by atoms with E-state index in [9.17, 15) is 18.9 Å². The first-order valence-corrected chi connectivity index (χ1v) is 12.3. The first kappa shape index (κ1) is 26.4. The lowest BCUT2D eigenvalue weighted by Gasteiger charge is -2.18. The molecule has 3 heterocycles. The minimum atomic E-state index is -1.03. The smallest absolute Gasteiger partial charge is 0.406 e. The van der Waals surface area contributed by atoms with Gasteiger partial charge in [0.15, 0.2) is 6.20 Å². The Morgan fingerprint density at radius 3 is 2.65 bits per heavy atom. The summed E-state index contributed by atoms with van der Waals surface area (Å²) < 4.78 is 37.6. The second kappa shape index (κ2) is 10.8. The van der Waals surface area contributed by atoms with Crippen LogP contribution in [0, 0.1) is 22.9 Å². The van der Waals surface area contributed by atoms with Crippen molar-refractivity contribution in [3.8, 4) is 17.0 Å². The third kappa shape index (κ3) is 6.01. The summed E-state index contributed by atoms with van der Waals surface area (Å²) in [5.74, 6) is -0.971. The number of rotatable bonds is 9. The van der Waals surface area contributed by atoms with Gasteiger partial charge < -0.3 is 14.9 Å². The summed E-state index contributed by atoms with van der Waals surface area (Å²) in [5.41, 5.74) is 4.25. The standard InChI is InChI=1S/C25H25BrF2N6O3/c1-14(27)11-33-13-17(15(2)30-33)7-18-12-32(4)31-24(18)21-6-5-20(28)9-22(21)16(3)37-23-8-19(26)10-29-25(23)34(35)36/h5-6,8-10,12-14,16H,7,11H2,1-4H3/t14?,16-/m1/s1. The number of nitrogens with zero attached hydrogens (tertiary/aromatic N) is 6. The molecule has 0 radical (unpaired) electrons. The SMILES string of the molecule is Cc1nn(CC(C)F)cc1Cc1cn(C)nc1-c1ccc(F)cc1[C@@H](C)Oc1cc(Br)cnc1[N+](=O)[O-]. The maximum Gasteiger partial charge on any atom is 0.406 e. The van der Waals surface area contributed by atoms with E-state index >= 15 is 0 Å². The quantitative estimate of drug-likeness (QED) is 0.182. The molecule has 1 aromatic carbocycles. The average molecular weight is 575 g/mol. The maximum absolute atomic E-state index is 14.4. The lowest BCUT2D eigenvalue weighted by Crippen LogP contribution is -2.08. The molecule has 4 aromatic rings. The number of aromatic nitrogens is 5. The minimum Gasteiger partial charge on any atom is -0.478 e. The Morgan fingerprint density at radius 2 is 1.95 bits per heavy atom.